The smallest absolute Gasteiger partial charge is 0.0692 e. The molecule has 0 bridgehead atoms. The molecule has 2 rings (SSSR count). The van der Waals surface area contributed by atoms with Crippen molar-refractivity contribution in [3.63, 3.8) is 0 Å². The molecular formula is C8H10N2. The largest absolute Gasteiger partial charge is 0.306 e. The number of hydrogen-bond donors (Lipinski definition) is 1. The number of hydrogen-bond acceptors (Lipinski definition) is 2. The molecule has 2 unspecified atom stereocenters. The van der Waals surface area contributed by atoms with Crippen LogP contribution in [0.2, 0.25) is 0 Å². The van der Waals surface area contributed by atoms with Crippen molar-refractivity contribution in [3.05, 3.63) is 24.3 Å². The molecule has 0 radical (unpaired) electrons. The van der Waals surface area contributed by atoms with Crippen LogP contribution in [0.1, 0.15) is 6.92 Å². The van der Waals surface area contributed by atoms with Crippen molar-refractivity contribution in [1.82, 2.24) is 5.43 Å². The molecule has 0 aromatic carbocycles. The summed E-state index contributed by atoms with van der Waals surface area (Å²) in [5.74, 6) is 0.505. The van der Waals surface area contributed by atoms with E-state index in [0.717, 1.165) is 5.71 Å². The summed E-state index contributed by atoms with van der Waals surface area (Å²) < 4.78 is 0. The maximum absolute atomic E-state index is 4.17. The molecule has 0 amide bonds. The molecule has 0 saturated heterocycles. The summed E-state index contributed by atoms with van der Waals surface area (Å²) in [5.41, 5.74) is 4.21. The predicted molar refractivity (Wildman–Crippen MR) is 41.8 cm³/mol. The molecule has 2 aliphatic rings. The first kappa shape index (κ1) is 5.71. The van der Waals surface area contributed by atoms with Crippen LogP contribution in [0.4, 0.5) is 0 Å². The molecular weight excluding hydrogens is 124 g/mol. The van der Waals surface area contributed by atoms with E-state index in [1.54, 1.807) is 0 Å². The van der Waals surface area contributed by atoms with Crippen molar-refractivity contribution >= 4 is 5.71 Å². The molecule has 0 saturated carbocycles. The van der Waals surface area contributed by atoms with Crippen molar-refractivity contribution in [2.24, 2.45) is 11.0 Å². The normalized spacial score (nSPS) is 35.1. The standard InChI is InChI=1S/C8H10N2/c1-6-7-4-2-3-5-8(7)10-9-6/h2-7,9H,1H3. The Bertz CT molecular complexity index is 225. The van der Waals surface area contributed by atoms with Gasteiger partial charge >= 0.3 is 0 Å². The van der Waals surface area contributed by atoms with E-state index in [2.05, 4.69) is 35.7 Å². The van der Waals surface area contributed by atoms with Gasteiger partial charge in [-0.3, -0.25) is 0 Å². The molecule has 2 heteroatoms. The molecule has 2 atom stereocenters. The first-order valence-electron chi connectivity index (χ1n) is 3.56. The lowest BCUT2D eigenvalue weighted by molar-refractivity contribution is 0.572. The zero-order valence-corrected chi connectivity index (χ0v) is 5.91. The predicted octanol–water partition coefficient (Wildman–Crippen LogP) is 1.08. The molecule has 0 spiro atoms. The van der Waals surface area contributed by atoms with Crippen LogP contribution in [0.5, 0.6) is 0 Å². The lowest BCUT2D eigenvalue weighted by Gasteiger charge is -2.11. The average Bonchev–Trinajstić information content (AvgIpc) is 2.34. The molecule has 0 aromatic heterocycles. The van der Waals surface area contributed by atoms with Crippen LogP contribution in [0.15, 0.2) is 29.4 Å². The average molecular weight is 134 g/mol. The molecule has 1 N–H and O–H groups in total. The van der Waals surface area contributed by atoms with E-state index in [1.165, 1.54) is 0 Å². The lowest BCUT2D eigenvalue weighted by atomic mass is 9.94. The van der Waals surface area contributed by atoms with E-state index < -0.39 is 0 Å². The van der Waals surface area contributed by atoms with E-state index in [1.807, 2.05) is 6.08 Å². The van der Waals surface area contributed by atoms with Gasteiger partial charge in [0.05, 0.1) is 11.8 Å². The number of allylic oxidation sites excluding steroid dienone is 3. The van der Waals surface area contributed by atoms with Crippen molar-refractivity contribution in [2.45, 2.75) is 13.0 Å². The van der Waals surface area contributed by atoms with E-state index in [4.69, 9.17) is 0 Å². The highest BCUT2D eigenvalue weighted by atomic mass is 15.3. The Labute approximate surface area is 60.3 Å². The first-order valence-corrected chi connectivity index (χ1v) is 3.56. The fraction of sp³-hybridized carbons (Fsp3) is 0.375. The zero-order chi connectivity index (χ0) is 6.97. The number of nitrogens with zero attached hydrogens (tertiary/aromatic N) is 1. The van der Waals surface area contributed by atoms with Crippen LogP contribution in [0.3, 0.4) is 0 Å². The maximum atomic E-state index is 4.17. The molecule has 52 valence electrons. The van der Waals surface area contributed by atoms with Gasteiger partial charge in [0.25, 0.3) is 0 Å². The number of nitrogens with one attached hydrogen (secondary N) is 1. The minimum Gasteiger partial charge on any atom is -0.306 e. The third-order valence-electron chi connectivity index (χ3n) is 1.97. The van der Waals surface area contributed by atoms with Gasteiger partial charge in [0.1, 0.15) is 0 Å². The maximum Gasteiger partial charge on any atom is 0.0692 e. The summed E-state index contributed by atoms with van der Waals surface area (Å²) in [6, 6.07) is 0.469. The second kappa shape index (κ2) is 1.97. The second-order valence-electron chi connectivity index (χ2n) is 2.72. The van der Waals surface area contributed by atoms with Crippen LogP contribution in [0.25, 0.3) is 0 Å². The van der Waals surface area contributed by atoms with Crippen LogP contribution in [0, 0.1) is 5.92 Å². The summed E-state index contributed by atoms with van der Waals surface area (Å²) >= 11 is 0. The monoisotopic (exact) mass is 134 g/mol. The number of fused-ring (bicyclic) bond motifs is 1. The van der Waals surface area contributed by atoms with Crippen LogP contribution in [-0.2, 0) is 0 Å². The molecule has 0 fully saturated rings. The van der Waals surface area contributed by atoms with Crippen molar-refractivity contribution < 1.29 is 0 Å². The SMILES string of the molecule is CC1NN=C2C=CC=CC21. The topological polar surface area (TPSA) is 24.4 Å². The van der Waals surface area contributed by atoms with Crippen molar-refractivity contribution in [3.8, 4) is 0 Å². The summed E-state index contributed by atoms with van der Waals surface area (Å²) in [4.78, 5) is 0. The Kier molecular flexibility index (Phi) is 1.13. The van der Waals surface area contributed by atoms with E-state index in [9.17, 15) is 0 Å². The van der Waals surface area contributed by atoms with Gasteiger partial charge in [0.2, 0.25) is 0 Å². The van der Waals surface area contributed by atoms with Crippen molar-refractivity contribution in [1.29, 1.82) is 0 Å². The van der Waals surface area contributed by atoms with Gasteiger partial charge in [-0.2, -0.15) is 5.10 Å². The van der Waals surface area contributed by atoms with Crippen molar-refractivity contribution in [2.75, 3.05) is 0 Å². The minimum absolute atomic E-state index is 0.469. The quantitative estimate of drug-likeness (QED) is 0.526. The number of rotatable bonds is 0. The van der Waals surface area contributed by atoms with E-state index >= 15 is 0 Å². The van der Waals surface area contributed by atoms with Gasteiger partial charge in [0.15, 0.2) is 0 Å². The first-order chi connectivity index (χ1) is 4.88. The molecule has 1 heterocycles. The third-order valence-corrected chi connectivity index (χ3v) is 1.97. The van der Waals surface area contributed by atoms with Gasteiger partial charge < -0.3 is 5.43 Å². The van der Waals surface area contributed by atoms with Gasteiger partial charge in [-0.1, -0.05) is 18.2 Å². The highest BCUT2D eigenvalue weighted by Crippen LogP contribution is 2.17. The third kappa shape index (κ3) is 0.685. The van der Waals surface area contributed by atoms with Crippen LogP contribution < -0.4 is 5.43 Å². The summed E-state index contributed by atoms with van der Waals surface area (Å²) in [7, 11) is 0. The Morgan fingerprint density at radius 1 is 1.50 bits per heavy atom. The summed E-state index contributed by atoms with van der Waals surface area (Å²) in [6.07, 6.45) is 8.34. The Morgan fingerprint density at radius 3 is 3.20 bits per heavy atom. The molecule has 2 nitrogen and oxygen atoms in total. The Morgan fingerprint density at radius 2 is 2.40 bits per heavy atom. The fourth-order valence-electron chi connectivity index (χ4n) is 1.34. The molecule has 10 heavy (non-hydrogen) atoms. The van der Waals surface area contributed by atoms with Gasteiger partial charge in [-0.25, -0.2) is 0 Å². The van der Waals surface area contributed by atoms with E-state index in [0.29, 0.717) is 12.0 Å². The molecule has 0 aromatic rings. The lowest BCUT2D eigenvalue weighted by Crippen LogP contribution is -2.24. The van der Waals surface area contributed by atoms with Gasteiger partial charge in [-0.15, -0.1) is 0 Å². The van der Waals surface area contributed by atoms with Crippen LogP contribution >= 0.6 is 0 Å². The Balaban J connectivity index is 2.30. The minimum atomic E-state index is 0.469. The molecule has 1 aliphatic heterocycles. The van der Waals surface area contributed by atoms with E-state index in [-0.39, 0.29) is 0 Å². The highest BCUT2D eigenvalue weighted by molar-refractivity contribution is 6.00. The summed E-state index contributed by atoms with van der Waals surface area (Å²) in [5, 5.41) is 4.17. The Hall–Kier alpha value is -1.05. The van der Waals surface area contributed by atoms with Crippen LogP contribution in [-0.4, -0.2) is 11.8 Å². The van der Waals surface area contributed by atoms with Gasteiger partial charge in [0, 0.05) is 5.92 Å². The second-order valence-corrected chi connectivity index (χ2v) is 2.72. The highest BCUT2D eigenvalue weighted by Gasteiger charge is 2.24. The van der Waals surface area contributed by atoms with Gasteiger partial charge in [-0.05, 0) is 13.0 Å². The molecule has 1 aliphatic carbocycles. The zero-order valence-electron chi connectivity index (χ0n) is 5.91. The summed E-state index contributed by atoms with van der Waals surface area (Å²) in [6.45, 7) is 2.14. The fourth-order valence-corrected chi connectivity index (χ4v) is 1.34. The number of hydrazone groups is 1.